The van der Waals surface area contributed by atoms with Crippen LogP contribution in [0.15, 0.2) is 21.4 Å². The lowest BCUT2D eigenvalue weighted by molar-refractivity contribution is 0.0996. The number of nitrogens with zero attached hydrogens (tertiary/aromatic N) is 4. The Morgan fingerprint density at radius 2 is 2.22 bits per heavy atom. The largest absolute Gasteiger partial charge is 0.364 e. The molecule has 0 unspecified atom stereocenters. The molecule has 2 aromatic rings. The minimum Gasteiger partial charge on any atom is -0.364 e. The number of azo groups is 1. The van der Waals surface area contributed by atoms with Crippen LogP contribution in [0.3, 0.4) is 0 Å². The molecule has 0 aliphatic heterocycles. The van der Waals surface area contributed by atoms with Gasteiger partial charge in [0.2, 0.25) is 5.82 Å². The predicted octanol–water partition coefficient (Wildman–Crippen LogP) is 0.259. The number of primary amides is 1. The summed E-state index contributed by atoms with van der Waals surface area (Å²) in [6.45, 7) is 1.69. The molecule has 9 heteroatoms. The number of aromatic nitrogens is 4. The quantitative estimate of drug-likeness (QED) is 0.673. The average Bonchev–Trinajstić information content (AvgIpc) is 2.84. The Morgan fingerprint density at radius 3 is 2.78 bits per heavy atom. The number of nitrogens with two attached hydrogens (primary N) is 1. The fourth-order valence-corrected chi connectivity index (χ4v) is 1.43. The van der Waals surface area contributed by atoms with Gasteiger partial charge < -0.3 is 10.7 Å². The smallest absolute Gasteiger partial charge is 0.294 e. The van der Waals surface area contributed by atoms with Crippen LogP contribution in [0.2, 0.25) is 0 Å². The summed E-state index contributed by atoms with van der Waals surface area (Å²) in [5.74, 6) is -0.648. The molecule has 0 radical (unpaired) electrons. The van der Waals surface area contributed by atoms with Gasteiger partial charge in [-0.05, 0) is 6.92 Å². The number of nitrogens with one attached hydrogen (secondary N) is 2. The number of amides is 1. The van der Waals surface area contributed by atoms with Crippen molar-refractivity contribution >= 4 is 17.4 Å². The van der Waals surface area contributed by atoms with Crippen LogP contribution in [0.1, 0.15) is 16.2 Å². The van der Waals surface area contributed by atoms with Crippen molar-refractivity contribution in [3.8, 4) is 0 Å². The van der Waals surface area contributed by atoms with E-state index in [2.05, 4.69) is 25.3 Å². The summed E-state index contributed by atoms with van der Waals surface area (Å²) in [5, 5.41) is 10.3. The van der Waals surface area contributed by atoms with Crippen molar-refractivity contribution in [3.63, 3.8) is 0 Å². The monoisotopic (exact) mass is 249 g/mol. The Morgan fingerprint density at radius 1 is 1.50 bits per heavy atom. The Labute approximate surface area is 101 Å². The van der Waals surface area contributed by atoms with Crippen LogP contribution in [0.25, 0.3) is 0 Å². The van der Waals surface area contributed by atoms with Gasteiger partial charge in [-0.1, -0.05) is 0 Å². The molecule has 0 saturated carbocycles. The molecular formula is C9H11N7O2. The van der Waals surface area contributed by atoms with Gasteiger partial charge in [-0.15, -0.1) is 10.2 Å². The van der Waals surface area contributed by atoms with Crippen molar-refractivity contribution < 1.29 is 4.79 Å². The second kappa shape index (κ2) is 4.28. The molecule has 2 rings (SSSR count). The van der Waals surface area contributed by atoms with Crippen molar-refractivity contribution in [1.29, 1.82) is 0 Å². The topological polar surface area (TPSA) is 134 Å². The van der Waals surface area contributed by atoms with Crippen LogP contribution in [0.4, 0.5) is 11.5 Å². The number of hydrogen-bond acceptors (Lipinski definition) is 5. The van der Waals surface area contributed by atoms with E-state index in [1.165, 1.54) is 11.0 Å². The number of aromatic amines is 2. The summed E-state index contributed by atoms with van der Waals surface area (Å²) in [5.41, 5.74) is 5.58. The molecule has 0 aromatic carbocycles. The Bertz CT molecular complexity index is 675. The Kier molecular flexibility index (Phi) is 2.80. The first-order valence-corrected chi connectivity index (χ1v) is 5.01. The van der Waals surface area contributed by atoms with Gasteiger partial charge in [0.1, 0.15) is 0 Å². The fraction of sp³-hybridized carbons (Fsp3) is 0.222. The molecule has 0 atom stereocenters. The summed E-state index contributed by atoms with van der Waals surface area (Å²) in [6, 6.07) is 0. The van der Waals surface area contributed by atoms with Crippen molar-refractivity contribution in [2.24, 2.45) is 23.0 Å². The number of H-pyrrole nitrogens is 2. The van der Waals surface area contributed by atoms with E-state index in [1.54, 1.807) is 14.0 Å². The minimum absolute atomic E-state index is 0.0452. The fourth-order valence-electron chi connectivity index (χ4n) is 1.43. The molecule has 18 heavy (non-hydrogen) atoms. The molecule has 4 N–H and O–H groups in total. The Balaban J connectivity index is 2.39. The van der Waals surface area contributed by atoms with E-state index in [4.69, 9.17) is 5.73 Å². The van der Waals surface area contributed by atoms with Gasteiger partial charge in [-0.25, -0.2) is 4.98 Å². The molecular weight excluding hydrogens is 238 g/mol. The third-order valence-electron chi connectivity index (χ3n) is 2.31. The lowest BCUT2D eigenvalue weighted by Crippen LogP contribution is -2.11. The van der Waals surface area contributed by atoms with Gasteiger partial charge in [0.05, 0.1) is 12.0 Å². The number of rotatable bonds is 3. The first-order valence-electron chi connectivity index (χ1n) is 5.01. The first kappa shape index (κ1) is 11.8. The summed E-state index contributed by atoms with van der Waals surface area (Å²) < 4.78 is 1.28. The normalized spacial score (nSPS) is 11.2. The van der Waals surface area contributed by atoms with Crippen LogP contribution >= 0.6 is 0 Å². The second-order valence-corrected chi connectivity index (χ2v) is 3.61. The van der Waals surface area contributed by atoms with Crippen LogP contribution in [-0.2, 0) is 7.05 Å². The lowest BCUT2D eigenvalue weighted by Gasteiger charge is -1.90. The molecule has 0 spiro atoms. The van der Waals surface area contributed by atoms with Crippen LogP contribution in [-0.4, -0.2) is 25.7 Å². The average molecular weight is 249 g/mol. The standard InChI is InChI=1S/C9H11N7O2/c1-4-5(9(18)16(2)15-4)13-14-8-6(7(10)17)11-3-12-8/h3,15H,1-2H3,(H2,10,17)(H,11,12). The van der Waals surface area contributed by atoms with E-state index in [1.807, 2.05) is 0 Å². The van der Waals surface area contributed by atoms with Crippen LogP contribution in [0.5, 0.6) is 0 Å². The van der Waals surface area contributed by atoms with E-state index in [0.29, 0.717) is 5.69 Å². The summed E-state index contributed by atoms with van der Waals surface area (Å²) in [4.78, 5) is 29.0. The zero-order chi connectivity index (χ0) is 13.3. The molecule has 2 aromatic heterocycles. The van der Waals surface area contributed by atoms with E-state index >= 15 is 0 Å². The van der Waals surface area contributed by atoms with Crippen molar-refractivity contribution in [3.05, 3.63) is 28.1 Å². The van der Waals surface area contributed by atoms with Crippen LogP contribution < -0.4 is 11.3 Å². The van der Waals surface area contributed by atoms with Gasteiger partial charge in [-0.2, -0.15) is 0 Å². The summed E-state index contributed by atoms with van der Waals surface area (Å²) in [7, 11) is 1.57. The summed E-state index contributed by atoms with van der Waals surface area (Å²) >= 11 is 0. The molecule has 0 bridgehead atoms. The molecule has 2 heterocycles. The highest BCUT2D eigenvalue weighted by Gasteiger charge is 2.12. The molecule has 0 aliphatic carbocycles. The van der Waals surface area contributed by atoms with Crippen molar-refractivity contribution in [2.75, 3.05) is 0 Å². The number of carbonyl (C=O) groups excluding carboxylic acids is 1. The summed E-state index contributed by atoms with van der Waals surface area (Å²) in [6.07, 6.45) is 1.27. The second-order valence-electron chi connectivity index (χ2n) is 3.61. The van der Waals surface area contributed by atoms with Crippen molar-refractivity contribution in [2.45, 2.75) is 6.92 Å². The van der Waals surface area contributed by atoms with Gasteiger partial charge in [0, 0.05) is 7.05 Å². The Hall–Kier alpha value is -2.71. The maximum absolute atomic E-state index is 11.6. The molecule has 0 aliphatic rings. The van der Waals surface area contributed by atoms with Crippen LogP contribution in [0, 0.1) is 6.92 Å². The molecule has 0 saturated heterocycles. The van der Waals surface area contributed by atoms with Gasteiger partial charge in [0.15, 0.2) is 11.4 Å². The maximum atomic E-state index is 11.6. The highest BCUT2D eigenvalue weighted by atomic mass is 16.1. The first-order chi connectivity index (χ1) is 8.50. The SMILES string of the molecule is Cc1[nH]n(C)c(=O)c1N=Nc1nc[nH]c1C(N)=O. The highest BCUT2D eigenvalue weighted by molar-refractivity contribution is 5.94. The van der Waals surface area contributed by atoms with E-state index in [0.717, 1.165) is 0 Å². The zero-order valence-corrected chi connectivity index (χ0v) is 9.76. The third-order valence-corrected chi connectivity index (χ3v) is 2.31. The van der Waals surface area contributed by atoms with E-state index in [9.17, 15) is 9.59 Å². The number of carbonyl (C=O) groups is 1. The molecule has 9 nitrogen and oxygen atoms in total. The van der Waals surface area contributed by atoms with E-state index < -0.39 is 5.91 Å². The third kappa shape index (κ3) is 1.93. The van der Waals surface area contributed by atoms with Gasteiger partial charge in [-0.3, -0.25) is 19.4 Å². The number of hydrogen-bond donors (Lipinski definition) is 3. The van der Waals surface area contributed by atoms with Crippen molar-refractivity contribution in [1.82, 2.24) is 19.7 Å². The molecule has 0 fully saturated rings. The number of aryl methyl sites for hydroxylation is 2. The number of imidazole rings is 1. The molecule has 1 amide bonds. The maximum Gasteiger partial charge on any atom is 0.294 e. The predicted molar refractivity (Wildman–Crippen MR) is 62.1 cm³/mol. The van der Waals surface area contributed by atoms with E-state index in [-0.39, 0.29) is 22.8 Å². The van der Waals surface area contributed by atoms with Gasteiger partial charge in [0.25, 0.3) is 11.5 Å². The lowest BCUT2D eigenvalue weighted by atomic mass is 10.4. The van der Waals surface area contributed by atoms with Gasteiger partial charge >= 0.3 is 0 Å². The minimum atomic E-state index is -0.694. The highest BCUT2D eigenvalue weighted by Crippen LogP contribution is 2.17. The zero-order valence-electron chi connectivity index (χ0n) is 9.76. The molecule has 94 valence electrons.